The Hall–Kier alpha value is -1.05. The van der Waals surface area contributed by atoms with E-state index in [1.165, 1.54) is 0 Å². The van der Waals surface area contributed by atoms with E-state index in [2.05, 4.69) is 75.4 Å². The lowest BCUT2D eigenvalue weighted by atomic mass is 9.79. The van der Waals surface area contributed by atoms with Gasteiger partial charge in [0.25, 0.3) is 0 Å². The van der Waals surface area contributed by atoms with Crippen LogP contribution in [0, 0.1) is 22.9 Å². The maximum Gasteiger partial charge on any atom is 0.168 e. The molecule has 0 aromatic carbocycles. The fourth-order valence-corrected chi connectivity index (χ4v) is 2.81. The average Bonchev–Trinajstić information content (AvgIpc) is 2.33. The summed E-state index contributed by atoms with van der Waals surface area (Å²) in [5.41, 5.74) is 3.04. The lowest BCUT2D eigenvalue weighted by Crippen LogP contribution is -2.52. The number of aliphatic hydroxyl groups is 2. The Bertz CT molecular complexity index is 482. The van der Waals surface area contributed by atoms with Gasteiger partial charge in [0.15, 0.2) is 11.2 Å². The summed E-state index contributed by atoms with van der Waals surface area (Å²) < 4.78 is 0. The van der Waals surface area contributed by atoms with Crippen LogP contribution in [0.3, 0.4) is 0 Å². The predicted octanol–water partition coefficient (Wildman–Crippen LogP) is 3.36. The van der Waals surface area contributed by atoms with Gasteiger partial charge in [0.1, 0.15) is 16.1 Å². The normalized spacial score (nSPS) is 16.9. The van der Waals surface area contributed by atoms with Crippen LogP contribution < -0.4 is 0 Å². The molecule has 0 aromatic rings. The minimum atomic E-state index is -1.69. The molecule has 0 radical (unpaired) electrons. The van der Waals surface area contributed by atoms with Crippen LogP contribution in [0.4, 0.5) is 0 Å². The highest BCUT2D eigenvalue weighted by molar-refractivity contribution is 6.84. The van der Waals surface area contributed by atoms with Crippen molar-refractivity contribution in [2.45, 2.75) is 63.3 Å². The Morgan fingerprint density at radius 2 is 1.05 bits per heavy atom. The van der Waals surface area contributed by atoms with Crippen molar-refractivity contribution in [2.24, 2.45) is 0 Å². The van der Waals surface area contributed by atoms with Crippen LogP contribution in [0.2, 0.25) is 39.3 Å². The average molecular weight is 335 g/mol. The smallest absolute Gasteiger partial charge is 0.168 e. The largest absolute Gasteiger partial charge is 0.373 e. The Balaban J connectivity index is 6.07. The molecule has 0 rings (SSSR count). The number of hydrogen-bond acceptors (Lipinski definition) is 2. The zero-order valence-electron chi connectivity index (χ0n) is 14.9. The third-order valence-electron chi connectivity index (χ3n) is 2.85. The van der Waals surface area contributed by atoms with E-state index in [4.69, 9.17) is 0 Å². The van der Waals surface area contributed by atoms with E-state index >= 15 is 0 Å². The van der Waals surface area contributed by atoms with Crippen LogP contribution in [0.5, 0.6) is 0 Å². The van der Waals surface area contributed by atoms with Crippen LogP contribution in [-0.4, -0.2) is 37.6 Å². The van der Waals surface area contributed by atoms with Gasteiger partial charge in [-0.05, 0) is 0 Å². The van der Waals surface area contributed by atoms with Crippen molar-refractivity contribution in [2.75, 3.05) is 0 Å². The number of hydrogen-bond donors (Lipinski definition) is 2. The molecule has 2 unspecified atom stereocenters. The third-order valence-corrected chi connectivity index (χ3v) is 4.60. The monoisotopic (exact) mass is 334 g/mol. The zero-order valence-corrected chi connectivity index (χ0v) is 16.9. The highest BCUT2D eigenvalue weighted by atomic mass is 28.3. The lowest BCUT2D eigenvalue weighted by molar-refractivity contribution is -0.0748. The topological polar surface area (TPSA) is 40.5 Å². The molecule has 2 nitrogen and oxygen atoms in total. The fraction of sp³-hybridized carbons (Fsp3) is 0.556. The summed E-state index contributed by atoms with van der Waals surface area (Å²) in [5.74, 6) is 5.82. The summed E-state index contributed by atoms with van der Waals surface area (Å²) in [6, 6.07) is 0. The molecular weight excluding hydrogens is 304 g/mol. The van der Waals surface area contributed by atoms with E-state index in [0.29, 0.717) is 0 Å². The number of rotatable bonds is 5. The maximum atomic E-state index is 11.0. The Kier molecular flexibility index (Phi) is 7.13. The van der Waals surface area contributed by atoms with Crippen LogP contribution >= 0.6 is 0 Å². The summed E-state index contributed by atoms with van der Waals surface area (Å²) >= 11 is 0. The van der Waals surface area contributed by atoms with Crippen molar-refractivity contribution in [1.82, 2.24) is 0 Å². The van der Waals surface area contributed by atoms with E-state index in [1.54, 1.807) is 12.2 Å². The zero-order chi connectivity index (χ0) is 17.7. The van der Waals surface area contributed by atoms with Crippen LogP contribution in [-0.2, 0) is 0 Å². The van der Waals surface area contributed by atoms with E-state index in [9.17, 15) is 10.2 Å². The maximum absolute atomic E-state index is 11.0. The van der Waals surface area contributed by atoms with Gasteiger partial charge in [0.2, 0.25) is 0 Å². The second-order valence-electron chi connectivity index (χ2n) is 7.71. The lowest BCUT2D eigenvalue weighted by Gasteiger charge is -2.36. The van der Waals surface area contributed by atoms with E-state index in [1.807, 2.05) is 0 Å². The molecular formula is C18H30O2Si2. The second kappa shape index (κ2) is 7.48. The molecule has 2 N–H and O–H groups in total. The third kappa shape index (κ3) is 6.81. The molecule has 0 aliphatic rings. The molecule has 122 valence electrons. The second-order valence-corrected chi connectivity index (χ2v) is 17.2. The Morgan fingerprint density at radius 1 is 0.773 bits per heavy atom. The minimum absolute atomic E-state index is 0.162. The molecule has 0 saturated carbocycles. The van der Waals surface area contributed by atoms with Crippen molar-refractivity contribution in [3.05, 3.63) is 25.3 Å². The first-order valence-electron chi connectivity index (χ1n) is 7.54. The molecule has 0 bridgehead atoms. The summed E-state index contributed by atoms with van der Waals surface area (Å²) in [6.45, 7) is 19.9. The van der Waals surface area contributed by atoms with E-state index in [0.717, 1.165) is 0 Å². The van der Waals surface area contributed by atoms with Gasteiger partial charge in [0, 0.05) is 12.8 Å². The molecule has 22 heavy (non-hydrogen) atoms. The molecule has 0 saturated heterocycles. The SMILES string of the molecule is C=CCC(O)(C#C[Si](C)(C)C)C(O)(C#C[Si](C)(C)C)CC=C. The van der Waals surface area contributed by atoms with Crippen molar-refractivity contribution >= 4 is 16.1 Å². The Labute approximate surface area is 138 Å². The van der Waals surface area contributed by atoms with Crippen LogP contribution in [0.15, 0.2) is 25.3 Å². The van der Waals surface area contributed by atoms with Crippen molar-refractivity contribution in [3.63, 3.8) is 0 Å². The van der Waals surface area contributed by atoms with Gasteiger partial charge < -0.3 is 10.2 Å². The quantitative estimate of drug-likeness (QED) is 0.460. The van der Waals surface area contributed by atoms with Crippen molar-refractivity contribution in [3.8, 4) is 22.9 Å². The van der Waals surface area contributed by atoms with Crippen LogP contribution in [0.1, 0.15) is 12.8 Å². The van der Waals surface area contributed by atoms with Gasteiger partial charge >= 0.3 is 0 Å². The molecule has 0 aromatic heterocycles. The first kappa shape index (κ1) is 21.0. The van der Waals surface area contributed by atoms with Gasteiger partial charge in [-0.1, -0.05) is 63.3 Å². The fourth-order valence-electron chi connectivity index (χ4n) is 1.65. The van der Waals surface area contributed by atoms with Gasteiger partial charge in [-0.15, -0.1) is 24.2 Å². The van der Waals surface area contributed by atoms with Gasteiger partial charge in [-0.3, -0.25) is 0 Å². The summed E-state index contributed by atoms with van der Waals surface area (Å²) in [4.78, 5) is 0. The highest BCUT2D eigenvalue weighted by Gasteiger charge is 2.46. The van der Waals surface area contributed by atoms with Gasteiger partial charge in [0.05, 0.1) is 0 Å². The molecule has 4 heteroatoms. The molecule has 0 aliphatic carbocycles. The highest BCUT2D eigenvalue weighted by Crippen LogP contribution is 2.30. The summed E-state index contributed by atoms with van der Waals surface area (Å²) in [5, 5.41) is 22.0. The minimum Gasteiger partial charge on any atom is -0.373 e. The van der Waals surface area contributed by atoms with Crippen molar-refractivity contribution < 1.29 is 10.2 Å². The summed E-state index contributed by atoms with van der Waals surface area (Å²) in [6.07, 6.45) is 3.47. The predicted molar refractivity (Wildman–Crippen MR) is 102 cm³/mol. The van der Waals surface area contributed by atoms with Crippen LogP contribution in [0.25, 0.3) is 0 Å². The first-order chi connectivity index (χ1) is 9.79. The Morgan fingerprint density at radius 3 is 1.23 bits per heavy atom. The molecule has 0 heterocycles. The van der Waals surface area contributed by atoms with E-state index < -0.39 is 27.3 Å². The molecule has 0 aliphatic heterocycles. The van der Waals surface area contributed by atoms with E-state index in [-0.39, 0.29) is 12.8 Å². The summed E-state index contributed by atoms with van der Waals surface area (Å²) in [7, 11) is -3.38. The molecule has 0 spiro atoms. The standard InChI is InChI=1S/C18H30O2Si2/c1-9-11-17(19,13-15-21(3,4)5)18(20,12-10-2)14-16-22(6,7)8/h9-10,19-20H,1-2,11-12H2,3-8H3. The molecule has 0 fully saturated rings. The van der Waals surface area contributed by atoms with Gasteiger partial charge in [-0.2, -0.15) is 0 Å². The van der Waals surface area contributed by atoms with Gasteiger partial charge in [-0.25, -0.2) is 0 Å². The van der Waals surface area contributed by atoms with Crippen molar-refractivity contribution in [1.29, 1.82) is 0 Å². The molecule has 0 amide bonds. The first-order valence-corrected chi connectivity index (χ1v) is 14.5. The molecule has 2 atom stereocenters.